The van der Waals surface area contributed by atoms with Crippen LogP contribution in [0.1, 0.15) is 32.0 Å². The Morgan fingerprint density at radius 2 is 1.92 bits per heavy atom. The van der Waals surface area contributed by atoms with Gasteiger partial charge in [0.1, 0.15) is 5.56 Å². The first-order valence-corrected chi connectivity index (χ1v) is 8.28. The number of amides is 1. The zero-order chi connectivity index (χ0) is 18.0. The summed E-state index contributed by atoms with van der Waals surface area (Å²) in [5.74, 6) is -1.44. The molecule has 132 valence electrons. The van der Waals surface area contributed by atoms with Gasteiger partial charge in [0.15, 0.2) is 5.69 Å². The highest BCUT2D eigenvalue weighted by Crippen LogP contribution is 2.14. The van der Waals surface area contributed by atoms with Crippen LogP contribution in [0.15, 0.2) is 30.5 Å². The Morgan fingerprint density at radius 1 is 1.20 bits per heavy atom. The number of carboxylic acids is 1. The monoisotopic (exact) mass is 342 g/mol. The van der Waals surface area contributed by atoms with Crippen molar-refractivity contribution < 1.29 is 14.7 Å². The number of aromatic carboxylic acids is 1. The predicted octanol–water partition coefficient (Wildman–Crippen LogP) is 1.38. The van der Waals surface area contributed by atoms with Crippen molar-refractivity contribution in [2.24, 2.45) is 7.05 Å². The van der Waals surface area contributed by atoms with Crippen molar-refractivity contribution in [3.8, 4) is 0 Å². The van der Waals surface area contributed by atoms with Crippen LogP contribution in [-0.2, 0) is 13.6 Å². The molecule has 3 rings (SSSR count). The minimum Gasteiger partial charge on any atom is -0.478 e. The highest BCUT2D eigenvalue weighted by molar-refractivity contribution is 6.03. The molecule has 0 atom stereocenters. The fourth-order valence-corrected chi connectivity index (χ4v) is 3.13. The zero-order valence-corrected chi connectivity index (χ0v) is 14.5. The van der Waals surface area contributed by atoms with Crippen LogP contribution in [-0.4, -0.2) is 62.7 Å². The molecular weight excluding hydrogens is 320 g/mol. The minimum atomic E-state index is -1.13. The van der Waals surface area contributed by atoms with Crippen molar-refractivity contribution in [3.05, 3.63) is 52.8 Å². The van der Waals surface area contributed by atoms with Crippen molar-refractivity contribution in [2.75, 3.05) is 26.2 Å². The fourth-order valence-electron chi connectivity index (χ4n) is 3.13. The summed E-state index contributed by atoms with van der Waals surface area (Å²) in [5.41, 5.74) is 2.47. The maximum Gasteiger partial charge on any atom is 0.339 e. The quantitative estimate of drug-likeness (QED) is 0.908. The number of carbonyl (C=O) groups excluding carboxylic acids is 1. The molecule has 2 aromatic rings. The van der Waals surface area contributed by atoms with Gasteiger partial charge in [-0.15, -0.1) is 0 Å². The lowest BCUT2D eigenvalue weighted by atomic mass is 10.1. The number of hydrogen-bond donors (Lipinski definition) is 1. The second-order valence-electron chi connectivity index (χ2n) is 6.43. The van der Waals surface area contributed by atoms with Gasteiger partial charge in [-0.2, -0.15) is 5.10 Å². The lowest BCUT2D eigenvalue weighted by Gasteiger charge is -2.34. The standard InChI is InChI=1S/C18H22N4O3/c1-13-4-3-5-14(10-13)11-21-6-8-22(9-7-21)17(23)16-15(18(24)25)12-20(2)19-16/h3-5,10,12H,6-9,11H2,1-2H3,(H,24,25). The summed E-state index contributed by atoms with van der Waals surface area (Å²) in [7, 11) is 1.61. The van der Waals surface area contributed by atoms with Gasteiger partial charge in [0, 0.05) is 46.0 Å². The average molecular weight is 342 g/mol. The summed E-state index contributed by atoms with van der Waals surface area (Å²) in [6, 6.07) is 8.41. The number of hydrogen-bond acceptors (Lipinski definition) is 4. The summed E-state index contributed by atoms with van der Waals surface area (Å²) in [6.45, 7) is 5.59. The third-order valence-electron chi connectivity index (χ3n) is 4.41. The third-order valence-corrected chi connectivity index (χ3v) is 4.41. The number of rotatable bonds is 4. The molecule has 0 aliphatic carbocycles. The van der Waals surface area contributed by atoms with Crippen molar-refractivity contribution in [1.82, 2.24) is 19.6 Å². The van der Waals surface area contributed by atoms with E-state index in [0.717, 1.165) is 19.6 Å². The minimum absolute atomic E-state index is 0.0159. The van der Waals surface area contributed by atoms with Gasteiger partial charge in [-0.3, -0.25) is 14.4 Å². The first kappa shape index (κ1) is 17.2. The highest BCUT2D eigenvalue weighted by Gasteiger charge is 2.28. The maximum atomic E-state index is 12.6. The van der Waals surface area contributed by atoms with Gasteiger partial charge in [-0.05, 0) is 12.5 Å². The van der Waals surface area contributed by atoms with E-state index < -0.39 is 5.97 Å². The van der Waals surface area contributed by atoms with Crippen molar-refractivity contribution in [2.45, 2.75) is 13.5 Å². The molecule has 1 aromatic heterocycles. The molecule has 1 amide bonds. The molecular formula is C18H22N4O3. The maximum absolute atomic E-state index is 12.6. The third kappa shape index (κ3) is 3.88. The van der Waals surface area contributed by atoms with Crippen molar-refractivity contribution in [3.63, 3.8) is 0 Å². The van der Waals surface area contributed by atoms with E-state index in [1.54, 1.807) is 11.9 Å². The van der Waals surface area contributed by atoms with Crippen molar-refractivity contribution in [1.29, 1.82) is 0 Å². The van der Waals surface area contributed by atoms with E-state index in [-0.39, 0.29) is 17.2 Å². The Kier molecular flexibility index (Phi) is 4.85. The lowest BCUT2D eigenvalue weighted by molar-refractivity contribution is 0.0604. The molecule has 1 fully saturated rings. The molecule has 1 aliphatic rings. The molecule has 0 radical (unpaired) electrons. The van der Waals surface area contributed by atoms with E-state index in [1.807, 2.05) is 0 Å². The molecule has 0 unspecified atom stereocenters. The number of aromatic nitrogens is 2. The van der Waals surface area contributed by atoms with Crippen LogP contribution in [0, 0.1) is 6.92 Å². The van der Waals surface area contributed by atoms with E-state index >= 15 is 0 Å². The van der Waals surface area contributed by atoms with Crippen LogP contribution in [0.2, 0.25) is 0 Å². The molecule has 1 saturated heterocycles. The SMILES string of the molecule is Cc1cccc(CN2CCN(C(=O)c3nn(C)cc3C(=O)O)CC2)c1. The fraction of sp³-hybridized carbons (Fsp3) is 0.389. The second-order valence-corrected chi connectivity index (χ2v) is 6.43. The second kappa shape index (κ2) is 7.06. The average Bonchev–Trinajstić information content (AvgIpc) is 2.97. The van der Waals surface area contributed by atoms with Gasteiger partial charge in [0.05, 0.1) is 0 Å². The Bertz CT molecular complexity index is 791. The Hall–Kier alpha value is -2.67. The molecule has 0 saturated carbocycles. The van der Waals surface area contributed by atoms with E-state index in [2.05, 4.69) is 41.2 Å². The smallest absolute Gasteiger partial charge is 0.339 e. The van der Waals surface area contributed by atoms with E-state index in [9.17, 15) is 14.7 Å². The number of carbonyl (C=O) groups is 2. The van der Waals surface area contributed by atoms with Gasteiger partial charge in [0.2, 0.25) is 0 Å². The first-order chi connectivity index (χ1) is 11.9. The first-order valence-electron chi connectivity index (χ1n) is 8.28. The molecule has 1 N–H and O–H groups in total. The van der Waals surface area contributed by atoms with Gasteiger partial charge >= 0.3 is 5.97 Å². The summed E-state index contributed by atoms with van der Waals surface area (Å²) in [5, 5.41) is 13.3. The molecule has 0 bridgehead atoms. The molecule has 1 aliphatic heterocycles. The number of benzene rings is 1. The summed E-state index contributed by atoms with van der Waals surface area (Å²) >= 11 is 0. The van der Waals surface area contributed by atoms with Gasteiger partial charge in [-0.1, -0.05) is 29.8 Å². The molecule has 2 heterocycles. The molecule has 0 spiro atoms. The van der Waals surface area contributed by atoms with Crippen LogP contribution >= 0.6 is 0 Å². The highest BCUT2D eigenvalue weighted by atomic mass is 16.4. The van der Waals surface area contributed by atoms with Crippen molar-refractivity contribution >= 4 is 11.9 Å². The summed E-state index contributed by atoms with van der Waals surface area (Å²) in [4.78, 5) is 27.9. The number of aryl methyl sites for hydroxylation is 2. The van der Waals surface area contributed by atoms with Gasteiger partial charge in [0.25, 0.3) is 5.91 Å². The lowest BCUT2D eigenvalue weighted by Crippen LogP contribution is -2.48. The largest absolute Gasteiger partial charge is 0.478 e. The number of carboxylic acid groups (broad SMARTS) is 1. The van der Waals surface area contributed by atoms with Crippen LogP contribution in [0.3, 0.4) is 0 Å². The normalized spacial score (nSPS) is 15.4. The van der Waals surface area contributed by atoms with Gasteiger partial charge < -0.3 is 10.0 Å². The Labute approximate surface area is 146 Å². The Balaban J connectivity index is 1.62. The van der Waals surface area contributed by atoms with E-state index in [1.165, 1.54) is 22.0 Å². The van der Waals surface area contributed by atoms with Crippen LogP contribution < -0.4 is 0 Å². The topological polar surface area (TPSA) is 78.7 Å². The van der Waals surface area contributed by atoms with E-state index in [4.69, 9.17) is 0 Å². The van der Waals surface area contributed by atoms with Crippen LogP contribution in [0.5, 0.6) is 0 Å². The van der Waals surface area contributed by atoms with Crippen LogP contribution in [0.25, 0.3) is 0 Å². The zero-order valence-electron chi connectivity index (χ0n) is 14.5. The Morgan fingerprint density at radius 3 is 2.56 bits per heavy atom. The van der Waals surface area contributed by atoms with E-state index in [0.29, 0.717) is 13.1 Å². The summed E-state index contributed by atoms with van der Waals surface area (Å²) in [6.07, 6.45) is 1.36. The molecule has 7 heteroatoms. The molecule has 1 aromatic carbocycles. The summed E-state index contributed by atoms with van der Waals surface area (Å²) < 4.78 is 1.37. The molecule has 7 nitrogen and oxygen atoms in total. The number of piperazine rings is 1. The predicted molar refractivity (Wildman–Crippen MR) is 92.5 cm³/mol. The number of nitrogens with zero attached hydrogens (tertiary/aromatic N) is 4. The van der Waals surface area contributed by atoms with Crippen LogP contribution in [0.4, 0.5) is 0 Å². The van der Waals surface area contributed by atoms with Gasteiger partial charge in [-0.25, -0.2) is 4.79 Å². The molecule has 25 heavy (non-hydrogen) atoms.